The Morgan fingerprint density at radius 2 is 2.10 bits per heavy atom. The number of aryl methyl sites for hydroxylation is 1. The van der Waals surface area contributed by atoms with E-state index in [0.717, 1.165) is 30.2 Å². The maximum Gasteiger partial charge on any atom is 0.224 e. The monoisotopic (exact) mass is 271 g/mol. The fraction of sp³-hybridized carbons (Fsp3) is 0.375. The van der Waals surface area contributed by atoms with Crippen LogP contribution in [-0.2, 0) is 11.2 Å². The highest BCUT2D eigenvalue weighted by molar-refractivity contribution is 6.02. The molecule has 20 heavy (non-hydrogen) atoms. The van der Waals surface area contributed by atoms with Crippen molar-refractivity contribution in [1.82, 2.24) is 4.98 Å². The summed E-state index contributed by atoms with van der Waals surface area (Å²) in [6, 6.07) is 6.02. The average molecular weight is 271 g/mol. The van der Waals surface area contributed by atoms with Crippen LogP contribution < -0.4 is 11.1 Å². The number of rotatable bonds is 5. The molecule has 0 saturated carbocycles. The minimum atomic E-state index is -0.0231. The number of hydrogen-bond donors (Lipinski definition) is 2. The minimum Gasteiger partial charge on any atom is -0.396 e. The van der Waals surface area contributed by atoms with E-state index in [2.05, 4.69) is 23.3 Å². The van der Waals surface area contributed by atoms with Crippen LogP contribution >= 0.6 is 0 Å². The highest BCUT2D eigenvalue weighted by Gasteiger charge is 2.10. The molecule has 0 aliphatic heterocycles. The van der Waals surface area contributed by atoms with Gasteiger partial charge in [-0.15, -0.1) is 0 Å². The predicted octanol–water partition coefficient (Wildman–Crippen LogP) is 3.51. The van der Waals surface area contributed by atoms with Gasteiger partial charge in [-0.25, -0.2) is 0 Å². The number of aromatic nitrogens is 1. The molecule has 3 N–H and O–H groups in total. The number of nitrogens with two attached hydrogens (primary N) is 1. The number of nitrogen functional groups attached to an aromatic ring is 1. The molecule has 0 saturated heterocycles. The molecule has 0 aliphatic rings. The summed E-state index contributed by atoms with van der Waals surface area (Å²) in [5.41, 5.74) is 9.50. The van der Waals surface area contributed by atoms with Crippen molar-refractivity contribution in [3.8, 4) is 0 Å². The molecule has 106 valence electrons. The Labute approximate surface area is 119 Å². The molecular weight excluding hydrogens is 250 g/mol. The normalized spacial score (nSPS) is 10.7. The molecule has 2 rings (SSSR count). The van der Waals surface area contributed by atoms with E-state index in [0.29, 0.717) is 17.8 Å². The van der Waals surface area contributed by atoms with E-state index in [1.165, 1.54) is 5.56 Å². The Morgan fingerprint density at radius 3 is 2.80 bits per heavy atom. The van der Waals surface area contributed by atoms with Crippen LogP contribution in [0.3, 0.4) is 0 Å². The number of para-hydroxylation sites is 1. The average Bonchev–Trinajstić information content (AvgIpc) is 2.43. The first-order valence-electron chi connectivity index (χ1n) is 7.13. The van der Waals surface area contributed by atoms with Gasteiger partial charge in [-0.1, -0.05) is 38.5 Å². The maximum absolute atomic E-state index is 11.7. The Bertz CT molecular complexity index is 622. The number of pyridine rings is 1. The number of nitrogens with one attached hydrogen (secondary N) is 1. The number of amides is 1. The van der Waals surface area contributed by atoms with Crippen molar-refractivity contribution in [2.45, 2.75) is 39.5 Å². The summed E-state index contributed by atoms with van der Waals surface area (Å²) < 4.78 is 0. The van der Waals surface area contributed by atoms with E-state index in [1.807, 2.05) is 19.1 Å². The van der Waals surface area contributed by atoms with Gasteiger partial charge >= 0.3 is 0 Å². The lowest BCUT2D eigenvalue weighted by Gasteiger charge is -2.12. The van der Waals surface area contributed by atoms with Crippen molar-refractivity contribution in [3.63, 3.8) is 0 Å². The molecular formula is C16H21N3O. The van der Waals surface area contributed by atoms with E-state index in [-0.39, 0.29) is 5.91 Å². The lowest BCUT2D eigenvalue weighted by Crippen LogP contribution is -2.12. The summed E-state index contributed by atoms with van der Waals surface area (Å²) in [5, 5.41) is 3.74. The van der Waals surface area contributed by atoms with Crippen LogP contribution in [0.5, 0.6) is 0 Å². The van der Waals surface area contributed by atoms with Crippen molar-refractivity contribution < 1.29 is 4.79 Å². The summed E-state index contributed by atoms with van der Waals surface area (Å²) in [5.74, 6) is -0.0231. The summed E-state index contributed by atoms with van der Waals surface area (Å²) in [7, 11) is 0. The first-order valence-corrected chi connectivity index (χ1v) is 7.13. The highest BCUT2D eigenvalue weighted by atomic mass is 16.1. The number of carbonyl (C=O) groups excluding carboxylic acids is 1. The third-order valence-corrected chi connectivity index (χ3v) is 3.29. The molecule has 4 heteroatoms. The van der Waals surface area contributed by atoms with Gasteiger partial charge in [0.15, 0.2) is 0 Å². The number of nitrogens with zero attached hydrogens (tertiary/aromatic N) is 1. The Balaban J connectivity index is 2.41. The number of carbonyl (C=O) groups is 1. The van der Waals surface area contributed by atoms with Crippen molar-refractivity contribution in [2.24, 2.45) is 0 Å². The first-order chi connectivity index (χ1) is 9.67. The smallest absolute Gasteiger partial charge is 0.224 e. The van der Waals surface area contributed by atoms with Gasteiger partial charge < -0.3 is 11.1 Å². The molecule has 0 unspecified atom stereocenters. The van der Waals surface area contributed by atoms with E-state index in [4.69, 9.17) is 5.73 Å². The van der Waals surface area contributed by atoms with Crippen LogP contribution in [0.2, 0.25) is 0 Å². The van der Waals surface area contributed by atoms with E-state index >= 15 is 0 Å². The largest absolute Gasteiger partial charge is 0.396 e. The quantitative estimate of drug-likeness (QED) is 0.874. The summed E-state index contributed by atoms with van der Waals surface area (Å²) in [6.45, 7) is 4.11. The molecule has 0 radical (unpaired) electrons. The van der Waals surface area contributed by atoms with Gasteiger partial charge in [-0.05, 0) is 18.4 Å². The minimum absolute atomic E-state index is 0.0231. The van der Waals surface area contributed by atoms with Crippen LogP contribution in [-0.4, -0.2) is 10.9 Å². The topological polar surface area (TPSA) is 68.0 Å². The van der Waals surface area contributed by atoms with Crippen LogP contribution in [0.15, 0.2) is 24.4 Å². The second-order valence-electron chi connectivity index (χ2n) is 4.95. The highest BCUT2D eigenvalue weighted by Crippen LogP contribution is 2.29. The zero-order valence-corrected chi connectivity index (χ0v) is 12.1. The Morgan fingerprint density at radius 1 is 1.30 bits per heavy atom. The van der Waals surface area contributed by atoms with Gasteiger partial charge in [0, 0.05) is 11.8 Å². The summed E-state index contributed by atoms with van der Waals surface area (Å²) >= 11 is 0. The second-order valence-corrected chi connectivity index (χ2v) is 4.95. The van der Waals surface area contributed by atoms with E-state index in [1.54, 1.807) is 6.20 Å². The predicted molar refractivity (Wildman–Crippen MR) is 83.7 cm³/mol. The Hall–Kier alpha value is -2.10. The van der Waals surface area contributed by atoms with Gasteiger partial charge in [0.1, 0.15) is 0 Å². The van der Waals surface area contributed by atoms with Gasteiger partial charge in [-0.3, -0.25) is 9.78 Å². The molecule has 0 atom stereocenters. The van der Waals surface area contributed by atoms with Gasteiger partial charge in [0.2, 0.25) is 5.91 Å². The molecule has 1 heterocycles. The molecule has 0 aliphatic carbocycles. The van der Waals surface area contributed by atoms with Crippen molar-refractivity contribution in [3.05, 3.63) is 30.0 Å². The zero-order chi connectivity index (χ0) is 14.5. The van der Waals surface area contributed by atoms with Crippen LogP contribution in [0, 0.1) is 0 Å². The zero-order valence-electron chi connectivity index (χ0n) is 12.1. The molecule has 0 bridgehead atoms. The fourth-order valence-corrected chi connectivity index (χ4v) is 2.32. The van der Waals surface area contributed by atoms with Crippen LogP contribution in [0.4, 0.5) is 11.4 Å². The third-order valence-electron chi connectivity index (χ3n) is 3.29. The second kappa shape index (κ2) is 6.37. The molecule has 0 fully saturated rings. The lowest BCUT2D eigenvalue weighted by atomic mass is 10.0. The van der Waals surface area contributed by atoms with E-state index in [9.17, 15) is 4.79 Å². The fourth-order valence-electron chi connectivity index (χ4n) is 2.32. The lowest BCUT2D eigenvalue weighted by molar-refractivity contribution is -0.116. The third kappa shape index (κ3) is 2.90. The van der Waals surface area contributed by atoms with Crippen molar-refractivity contribution in [1.29, 1.82) is 0 Å². The molecule has 1 aromatic carbocycles. The molecule has 2 aromatic rings. The van der Waals surface area contributed by atoms with E-state index < -0.39 is 0 Å². The molecule has 1 aromatic heterocycles. The van der Waals surface area contributed by atoms with Crippen molar-refractivity contribution in [2.75, 3.05) is 11.1 Å². The molecule has 4 nitrogen and oxygen atoms in total. The summed E-state index contributed by atoms with van der Waals surface area (Å²) in [4.78, 5) is 16.2. The number of benzene rings is 1. The SMILES string of the molecule is CCCC(=O)Nc1cnc2c(CCC)cccc2c1N. The maximum atomic E-state index is 11.7. The molecule has 0 spiro atoms. The van der Waals surface area contributed by atoms with Gasteiger partial charge in [0.25, 0.3) is 0 Å². The molecule has 1 amide bonds. The van der Waals surface area contributed by atoms with Crippen molar-refractivity contribution >= 4 is 28.2 Å². The van der Waals surface area contributed by atoms with Crippen LogP contribution in [0.1, 0.15) is 38.7 Å². The first kappa shape index (κ1) is 14.3. The number of anilines is 2. The summed E-state index contributed by atoms with van der Waals surface area (Å²) in [6.07, 6.45) is 5.01. The standard InChI is InChI=1S/C16H21N3O/c1-3-6-11-8-5-9-12-15(17)13(10-18-16(11)12)19-14(20)7-4-2/h5,8-10H,3-4,6-7H2,1-2H3,(H2,17,18)(H,19,20). The van der Waals surface area contributed by atoms with Gasteiger partial charge in [0.05, 0.1) is 23.1 Å². The van der Waals surface area contributed by atoms with Crippen LogP contribution in [0.25, 0.3) is 10.9 Å². The Kier molecular flexibility index (Phi) is 4.56. The van der Waals surface area contributed by atoms with Gasteiger partial charge in [-0.2, -0.15) is 0 Å². The number of fused-ring (bicyclic) bond motifs is 1. The number of hydrogen-bond acceptors (Lipinski definition) is 3.